The molecular weight excluding hydrogens is 361 g/mol. The summed E-state index contributed by atoms with van der Waals surface area (Å²) in [5, 5.41) is 2.97. The molecule has 2 aliphatic heterocycles. The summed E-state index contributed by atoms with van der Waals surface area (Å²) in [7, 11) is 0. The van der Waals surface area contributed by atoms with Crippen LogP contribution in [0.15, 0.2) is 54.6 Å². The third-order valence-electron chi connectivity index (χ3n) is 5.12. The van der Waals surface area contributed by atoms with Crippen molar-refractivity contribution < 1.29 is 18.7 Å². The summed E-state index contributed by atoms with van der Waals surface area (Å²) >= 11 is 0. The number of anilines is 1. The maximum Gasteiger partial charge on any atom is 0.317 e. The van der Waals surface area contributed by atoms with E-state index in [4.69, 9.17) is 4.74 Å². The van der Waals surface area contributed by atoms with Gasteiger partial charge in [-0.05, 0) is 29.8 Å². The van der Waals surface area contributed by atoms with Crippen LogP contribution < -0.4 is 10.2 Å². The van der Waals surface area contributed by atoms with Gasteiger partial charge in [-0.2, -0.15) is 0 Å². The maximum absolute atomic E-state index is 13.1. The van der Waals surface area contributed by atoms with Crippen LogP contribution in [0, 0.1) is 5.82 Å². The van der Waals surface area contributed by atoms with Crippen molar-refractivity contribution in [2.24, 2.45) is 0 Å². The van der Waals surface area contributed by atoms with Crippen molar-refractivity contribution >= 4 is 17.6 Å². The van der Waals surface area contributed by atoms with Crippen LogP contribution >= 0.6 is 0 Å². The number of halogens is 1. The van der Waals surface area contributed by atoms with Gasteiger partial charge in [0.25, 0.3) is 0 Å². The number of nitrogens with zero attached hydrogens (tertiary/aromatic N) is 2. The Morgan fingerprint density at radius 2 is 1.82 bits per heavy atom. The standard InChI is InChI=1S/C21H22FN3O3/c22-16-8-6-15(7-9-16)19-14-24(10-11-28-19)21(27)23-17-12-20(26)25(13-17)18-4-2-1-3-5-18/h1-9,17,19H,10-14H2,(H,23,27). The molecule has 2 aromatic carbocycles. The van der Waals surface area contributed by atoms with Crippen LogP contribution in [0.25, 0.3) is 0 Å². The van der Waals surface area contributed by atoms with Crippen LogP contribution in [-0.2, 0) is 9.53 Å². The summed E-state index contributed by atoms with van der Waals surface area (Å²) in [6, 6.07) is 15.1. The Morgan fingerprint density at radius 3 is 2.57 bits per heavy atom. The van der Waals surface area contributed by atoms with Gasteiger partial charge in [-0.25, -0.2) is 9.18 Å². The highest BCUT2D eigenvalue weighted by atomic mass is 19.1. The zero-order chi connectivity index (χ0) is 19.5. The van der Waals surface area contributed by atoms with Crippen LogP contribution in [0.2, 0.25) is 0 Å². The number of rotatable bonds is 3. The van der Waals surface area contributed by atoms with Crippen molar-refractivity contribution in [1.82, 2.24) is 10.2 Å². The molecule has 3 amide bonds. The third kappa shape index (κ3) is 3.99. The first-order chi connectivity index (χ1) is 13.6. The molecular formula is C21H22FN3O3. The molecule has 0 saturated carbocycles. The van der Waals surface area contributed by atoms with Crippen molar-refractivity contribution in [3.05, 3.63) is 66.0 Å². The molecule has 146 valence electrons. The molecule has 2 saturated heterocycles. The molecule has 0 bridgehead atoms. The number of carbonyl (C=O) groups excluding carboxylic acids is 2. The molecule has 7 heteroatoms. The van der Waals surface area contributed by atoms with Gasteiger partial charge in [-0.3, -0.25) is 4.79 Å². The summed E-state index contributed by atoms with van der Waals surface area (Å²) in [6.45, 7) is 1.74. The fourth-order valence-corrected chi connectivity index (χ4v) is 3.64. The molecule has 2 heterocycles. The van der Waals surface area contributed by atoms with E-state index >= 15 is 0 Å². The lowest BCUT2D eigenvalue weighted by atomic mass is 10.1. The molecule has 0 radical (unpaired) electrons. The van der Waals surface area contributed by atoms with Gasteiger partial charge < -0.3 is 19.9 Å². The Hall–Kier alpha value is -2.93. The Labute approximate surface area is 162 Å². The average molecular weight is 383 g/mol. The van der Waals surface area contributed by atoms with E-state index in [1.165, 1.54) is 12.1 Å². The van der Waals surface area contributed by atoms with Crippen LogP contribution in [-0.4, -0.2) is 49.1 Å². The lowest BCUT2D eigenvalue weighted by Crippen LogP contribution is -2.50. The maximum atomic E-state index is 13.1. The normalized spacial score (nSPS) is 22.4. The zero-order valence-electron chi connectivity index (χ0n) is 15.4. The lowest BCUT2D eigenvalue weighted by Gasteiger charge is -2.33. The number of benzene rings is 2. The Bertz CT molecular complexity index is 844. The second-order valence-electron chi connectivity index (χ2n) is 7.05. The number of carbonyl (C=O) groups is 2. The van der Waals surface area contributed by atoms with Gasteiger partial charge in [0.15, 0.2) is 0 Å². The van der Waals surface area contributed by atoms with E-state index in [2.05, 4.69) is 5.32 Å². The Kier molecular flexibility index (Phi) is 5.25. The molecule has 0 spiro atoms. The van der Waals surface area contributed by atoms with Crippen molar-refractivity contribution in [2.75, 3.05) is 31.1 Å². The second-order valence-corrected chi connectivity index (χ2v) is 7.05. The number of morpholine rings is 1. The van der Waals surface area contributed by atoms with Crippen molar-refractivity contribution in [3.63, 3.8) is 0 Å². The third-order valence-corrected chi connectivity index (χ3v) is 5.12. The van der Waals surface area contributed by atoms with Crippen LogP contribution in [0.1, 0.15) is 18.1 Å². The molecule has 0 aromatic heterocycles. The van der Waals surface area contributed by atoms with Gasteiger partial charge in [0.05, 0.1) is 19.2 Å². The quantitative estimate of drug-likeness (QED) is 0.887. The van der Waals surface area contributed by atoms with Gasteiger partial charge >= 0.3 is 6.03 Å². The minimum absolute atomic E-state index is 0.00247. The summed E-state index contributed by atoms with van der Waals surface area (Å²) in [6.07, 6.45) is -0.00190. The van der Waals surface area contributed by atoms with Crippen molar-refractivity contribution in [1.29, 1.82) is 0 Å². The molecule has 0 aliphatic carbocycles. The first kappa shape index (κ1) is 18.4. The molecule has 6 nitrogen and oxygen atoms in total. The monoisotopic (exact) mass is 383 g/mol. The zero-order valence-corrected chi connectivity index (χ0v) is 15.4. The van der Waals surface area contributed by atoms with Gasteiger partial charge in [-0.1, -0.05) is 30.3 Å². The number of amides is 3. The van der Waals surface area contributed by atoms with E-state index in [0.29, 0.717) is 26.2 Å². The molecule has 28 heavy (non-hydrogen) atoms. The topological polar surface area (TPSA) is 61.9 Å². The number of hydrogen-bond acceptors (Lipinski definition) is 3. The molecule has 2 aliphatic rings. The van der Waals surface area contributed by atoms with Crippen molar-refractivity contribution in [2.45, 2.75) is 18.6 Å². The van der Waals surface area contributed by atoms with Crippen LogP contribution in [0.3, 0.4) is 0 Å². The van der Waals surface area contributed by atoms with E-state index in [0.717, 1.165) is 11.3 Å². The lowest BCUT2D eigenvalue weighted by molar-refractivity contribution is -0.117. The van der Waals surface area contributed by atoms with Gasteiger partial charge in [-0.15, -0.1) is 0 Å². The molecule has 2 aromatic rings. The fourth-order valence-electron chi connectivity index (χ4n) is 3.64. The average Bonchev–Trinajstić information content (AvgIpc) is 3.09. The minimum Gasteiger partial charge on any atom is -0.370 e. The predicted molar refractivity (Wildman–Crippen MR) is 102 cm³/mol. The number of para-hydroxylation sites is 1. The number of nitrogens with one attached hydrogen (secondary N) is 1. The molecule has 2 atom stereocenters. The molecule has 2 fully saturated rings. The molecule has 4 rings (SSSR count). The number of urea groups is 1. The molecule has 2 unspecified atom stereocenters. The summed E-state index contributed by atoms with van der Waals surface area (Å²) in [5.41, 5.74) is 1.68. The largest absolute Gasteiger partial charge is 0.370 e. The summed E-state index contributed by atoms with van der Waals surface area (Å²) in [5.74, 6) is -0.300. The SMILES string of the molecule is O=C(NC1CC(=O)N(c2ccccc2)C1)N1CCOC(c2ccc(F)cc2)C1. The predicted octanol–water partition coefficient (Wildman–Crippen LogP) is 2.71. The molecule has 1 N–H and O–H groups in total. The Balaban J connectivity index is 1.36. The van der Waals surface area contributed by atoms with Gasteiger partial charge in [0.1, 0.15) is 11.9 Å². The first-order valence-electron chi connectivity index (χ1n) is 9.38. The van der Waals surface area contributed by atoms with Crippen LogP contribution in [0.5, 0.6) is 0 Å². The highest BCUT2D eigenvalue weighted by molar-refractivity contribution is 5.96. The Morgan fingerprint density at radius 1 is 1.07 bits per heavy atom. The minimum atomic E-state index is -0.303. The summed E-state index contributed by atoms with van der Waals surface area (Å²) in [4.78, 5) is 28.4. The number of ether oxygens (including phenoxy) is 1. The van der Waals surface area contributed by atoms with Gasteiger partial charge in [0, 0.05) is 25.2 Å². The second kappa shape index (κ2) is 7.98. The van der Waals surface area contributed by atoms with E-state index in [1.54, 1.807) is 21.9 Å². The van der Waals surface area contributed by atoms with Gasteiger partial charge in [0.2, 0.25) is 5.91 Å². The van der Waals surface area contributed by atoms with Crippen molar-refractivity contribution in [3.8, 4) is 0 Å². The van der Waals surface area contributed by atoms with E-state index in [1.807, 2.05) is 30.3 Å². The number of hydrogen-bond donors (Lipinski definition) is 1. The van der Waals surface area contributed by atoms with E-state index in [-0.39, 0.29) is 36.3 Å². The van der Waals surface area contributed by atoms with E-state index < -0.39 is 0 Å². The van der Waals surface area contributed by atoms with Crippen LogP contribution in [0.4, 0.5) is 14.9 Å². The summed E-state index contributed by atoms with van der Waals surface area (Å²) < 4.78 is 18.9. The smallest absolute Gasteiger partial charge is 0.317 e. The highest BCUT2D eigenvalue weighted by Crippen LogP contribution is 2.24. The fraction of sp³-hybridized carbons (Fsp3) is 0.333. The van der Waals surface area contributed by atoms with E-state index in [9.17, 15) is 14.0 Å². The highest BCUT2D eigenvalue weighted by Gasteiger charge is 2.33. The first-order valence-corrected chi connectivity index (χ1v) is 9.38.